The molecule has 6 nitrogen and oxygen atoms in total. The normalized spacial score (nSPS) is 19.6. The van der Waals surface area contributed by atoms with E-state index in [1.165, 1.54) is 18.2 Å². The first-order chi connectivity index (χ1) is 9.47. The van der Waals surface area contributed by atoms with Crippen LogP contribution in [0.2, 0.25) is 5.02 Å². The van der Waals surface area contributed by atoms with E-state index >= 15 is 0 Å². The number of carbonyl (C=O) groups is 1. The van der Waals surface area contributed by atoms with Crippen molar-refractivity contribution in [2.45, 2.75) is 12.8 Å². The van der Waals surface area contributed by atoms with Crippen LogP contribution in [0.3, 0.4) is 0 Å². The zero-order valence-electron chi connectivity index (χ0n) is 11.1. The van der Waals surface area contributed by atoms with Crippen LogP contribution in [0.4, 0.5) is 11.4 Å². The largest absolute Gasteiger partial charge is 0.324 e. The zero-order valence-corrected chi connectivity index (χ0v) is 11.9. The Hall–Kier alpha value is -1.66. The van der Waals surface area contributed by atoms with Gasteiger partial charge in [-0.3, -0.25) is 14.9 Å². The fourth-order valence-electron chi connectivity index (χ4n) is 2.34. The van der Waals surface area contributed by atoms with Gasteiger partial charge in [0.25, 0.3) is 5.69 Å². The highest BCUT2D eigenvalue weighted by atomic mass is 35.5. The first-order valence-electron chi connectivity index (χ1n) is 6.40. The summed E-state index contributed by atoms with van der Waals surface area (Å²) in [6.45, 7) is 1.68. The zero-order chi connectivity index (χ0) is 14.7. The number of rotatable bonds is 3. The third-order valence-electron chi connectivity index (χ3n) is 3.41. The molecule has 0 bridgehead atoms. The van der Waals surface area contributed by atoms with Crippen molar-refractivity contribution in [3.63, 3.8) is 0 Å². The molecular weight excluding hydrogens is 282 g/mol. The van der Waals surface area contributed by atoms with E-state index in [-0.39, 0.29) is 17.5 Å². The third-order valence-corrected chi connectivity index (χ3v) is 3.74. The number of piperidine rings is 1. The molecule has 1 aromatic rings. The van der Waals surface area contributed by atoms with Crippen molar-refractivity contribution in [1.29, 1.82) is 0 Å². The van der Waals surface area contributed by atoms with Gasteiger partial charge in [0.15, 0.2) is 0 Å². The summed E-state index contributed by atoms with van der Waals surface area (Å²) < 4.78 is 0. The maximum absolute atomic E-state index is 12.2. The van der Waals surface area contributed by atoms with Crippen LogP contribution in [-0.4, -0.2) is 35.9 Å². The SMILES string of the molecule is CN1CCC[C@@H](C(=O)Nc2cc([N+](=O)[O-])ccc2Cl)C1. The summed E-state index contributed by atoms with van der Waals surface area (Å²) in [7, 11) is 1.97. The molecule has 20 heavy (non-hydrogen) atoms. The van der Waals surface area contributed by atoms with Crippen LogP contribution in [0, 0.1) is 16.0 Å². The Kier molecular flexibility index (Phi) is 4.57. The smallest absolute Gasteiger partial charge is 0.271 e. The van der Waals surface area contributed by atoms with E-state index in [1.54, 1.807) is 0 Å². The number of nitrogens with zero attached hydrogens (tertiary/aromatic N) is 2. The monoisotopic (exact) mass is 297 g/mol. The Labute approximate surface area is 121 Å². The van der Waals surface area contributed by atoms with Crippen LogP contribution in [0.15, 0.2) is 18.2 Å². The maximum Gasteiger partial charge on any atom is 0.271 e. The average Bonchev–Trinajstić information content (AvgIpc) is 2.41. The van der Waals surface area contributed by atoms with E-state index in [4.69, 9.17) is 11.6 Å². The van der Waals surface area contributed by atoms with E-state index in [9.17, 15) is 14.9 Å². The number of benzene rings is 1. The van der Waals surface area contributed by atoms with Gasteiger partial charge in [-0.05, 0) is 32.5 Å². The Morgan fingerprint density at radius 1 is 1.55 bits per heavy atom. The molecule has 0 radical (unpaired) electrons. The van der Waals surface area contributed by atoms with Crippen molar-refractivity contribution in [2.24, 2.45) is 5.92 Å². The van der Waals surface area contributed by atoms with Gasteiger partial charge < -0.3 is 10.2 Å². The quantitative estimate of drug-likeness (QED) is 0.687. The number of nitrogens with one attached hydrogen (secondary N) is 1. The summed E-state index contributed by atoms with van der Waals surface area (Å²) in [4.78, 5) is 24.5. The fraction of sp³-hybridized carbons (Fsp3) is 0.462. The van der Waals surface area contributed by atoms with Crippen LogP contribution in [0.5, 0.6) is 0 Å². The highest BCUT2D eigenvalue weighted by Crippen LogP contribution is 2.27. The topological polar surface area (TPSA) is 75.5 Å². The minimum Gasteiger partial charge on any atom is -0.324 e. The van der Waals surface area contributed by atoms with Gasteiger partial charge in [0.2, 0.25) is 5.91 Å². The van der Waals surface area contributed by atoms with Crippen molar-refractivity contribution in [2.75, 3.05) is 25.5 Å². The summed E-state index contributed by atoms with van der Waals surface area (Å²) in [5.41, 5.74) is 0.199. The number of likely N-dealkylation sites (tertiary alicyclic amines) is 1. The number of anilines is 1. The van der Waals surface area contributed by atoms with Crippen molar-refractivity contribution in [1.82, 2.24) is 4.90 Å². The second-order valence-corrected chi connectivity index (χ2v) is 5.42. The average molecular weight is 298 g/mol. The van der Waals surface area contributed by atoms with Crippen LogP contribution in [0.1, 0.15) is 12.8 Å². The van der Waals surface area contributed by atoms with Gasteiger partial charge in [0.05, 0.1) is 21.6 Å². The molecule has 1 N–H and O–H groups in total. The highest BCUT2D eigenvalue weighted by Gasteiger charge is 2.24. The molecule has 0 aliphatic carbocycles. The van der Waals surface area contributed by atoms with E-state index in [1.807, 2.05) is 7.05 Å². The second-order valence-electron chi connectivity index (χ2n) is 5.01. The number of hydrogen-bond acceptors (Lipinski definition) is 4. The standard InChI is InChI=1S/C13H16ClN3O3/c1-16-6-2-3-9(8-16)13(18)15-12-7-10(17(19)20)4-5-11(12)14/h4-5,7,9H,2-3,6,8H2,1H3,(H,15,18)/t9-/m1/s1. The Balaban J connectivity index is 2.10. The summed E-state index contributed by atoms with van der Waals surface area (Å²) >= 11 is 5.96. The molecule has 1 aliphatic heterocycles. The van der Waals surface area contributed by atoms with Crippen LogP contribution in [0.25, 0.3) is 0 Å². The predicted molar refractivity (Wildman–Crippen MR) is 77.0 cm³/mol. The summed E-state index contributed by atoms with van der Waals surface area (Å²) in [6.07, 6.45) is 1.79. The van der Waals surface area contributed by atoms with Gasteiger partial charge in [-0.1, -0.05) is 11.6 Å². The highest BCUT2D eigenvalue weighted by molar-refractivity contribution is 6.33. The van der Waals surface area contributed by atoms with Crippen LogP contribution >= 0.6 is 11.6 Å². The molecule has 1 saturated heterocycles. The number of halogens is 1. The third kappa shape index (κ3) is 3.46. The van der Waals surface area contributed by atoms with Gasteiger partial charge in [-0.2, -0.15) is 0 Å². The number of non-ortho nitro benzene ring substituents is 1. The lowest BCUT2D eigenvalue weighted by molar-refractivity contribution is -0.384. The van der Waals surface area contributed by atoms with E-state index in [0.717, 1.165) is 19.4 Å². The maximum atomic E-state index is 12.2. The van der Waals surface area contributed by atoms with E-state index < -0.39 is 4.92 Å². The number of amides is 1. The molecule has 0 spiro atoms. The van der Waals surface area contributed by atoms with Gasteiger partial charge in [0, 0.05) is 18.7 Å². The molecule has 1 fully saturated rings. The lowest BCUT2D eigenvalue weighted by Crippen LogP contribution is -2.38. The molecule has 7 heteroatoms. The number of hydrogen-bond donors (Lipinski definition) is 1. The minimum atomic E-state index is -0.514. The summed E-state index contributed by atoms with van der Waals surface area (Å²) in [6, 6.07) is 4.02. The van der Waals surface area contributed by atoms with Gasteiger partial charge >= 0.3 is 0 Å². The van der Waals surface area contributed by atoms with Crippen molar-refractivity contribution < 1.29 is 9.72 Å². The molecule has 1 amide bonds. The van der Waals surface area contributed by atoms with Crippen molar-refractivity contribution in [3.05, 3.63) is 33.3 Å². The lowest BCUT2D eigenvalue weighted by atomic mass is 9.97. The van der Waals surface area contributed by atoms with Crippen LogP contribution in [-0.2, 0) is 4.79 Å². The molecule has 1 aromatic carbocycles. The van der Waals surface area contributed by atoms with Crippen LogP contribution < -0.4 is 5.32 Å². The Bertz CT molecular complexity index is 536. The van der Waals surface area contributed by atoms with E-state index in [2.05, 4.69) is 10.2 Å². The number of carbonyl (C=O) groups excluding carboxylic acids is 1. The summed E-state index contributed by atoms with van der Waals surface area (Å²) in [5, 5.41) is 13.7. The molecular formula is C13H16ClN3O3. The number of nitro groups is 1. The van der Waals surface area contributed by atoms with E-state index in [0.29, 0.717) is 17.3 Å². The molecule has 2 rings (SSSR count). The Morgan fingerprint density at radius 2 is 2.30 bits per heavy atom. The van der Waals surface area contributed by atoms with Gasteiger partial charge in [0.1, 0.15) is 0 Å². The predicted octanol–water partition coefficient (Wildman–Crippen LogP) is 2.53. The lowest BCUT2D eigenvalue weighted by Gasteiger charge is -2.28. The molecule has 0 saturated carbocycles. The molecule has 1 atom stereocenters. The second kappa shape index (κ2) is 6.19. The van der Waals surface area contributed by atoms with Crippen molar-refractivity contribution in [3.8, 4) is 0 Å². The summed E-state index contributed by atoms with van der Waals surface area (Å²) in [5.74, 6) is -0.247. The molecule has 1 heterocycles. The number of nitro benzene ring substituents is 1. The first kappa shape index (κ1) is 14.7. The molecule has 0 unspecified atom stereocenters. The van der Waals surface area contributed by atoms with Crippen molar-refractivity contribution >= 4 is 28.9 Å². The van der Waals surface area contributed by atoms with Gasteiger partial charge in [-0.15, -0.1) is 0 Å². The van der Waals surface area contributed by atoms with Gasteiger partial charge in [-0.25, -0.2) is 0 Å². The Morgan fingerprint density at radius 3 is 2.95 bits per heavy atom. The molecule has 1 aliphatic rings. The molecule has 108 valence electrons. The fourth-order valence-corrected chi connectivity index (χ4v) is 2.50. The first-order valence-corrected chi connectivity index (χ1v) is 6.78. The molecule has 0 aromatic heterocycles. The minimum absolute atomic E-state index is 0.0922.